The van der Waals surface area contributed by atoms with Gasteiger partial charge in [-0.2, -0.15) is 5.10 Å². The molecule has 0 amide bonds. The molecule has 1 saturated heterocycles. The fourth-order valence-corrected chi connectivity index (χ4v) is 3.16. The number of anilines is 3. The lowest BCUT2D eigenvalue weighted by molar-refractivity contribution is 0.123. The van der Waals surface area contributed by atoms with Crippen LogP contribution in [0.1, 0.15) is 5.69 Å². The fourth-order valence-electron chi connectivity index (χ4n) is 3.16. The number of aromatic nitrogens is 4. The summed E-state index contributed by atoms with van der Waals surface area (Å²) in [5.41, 5.74) is 3.94. The number of hydrogen-bond donors (Lipinski definition) is 1. The number of hydrogen-bond acceptors (Lipinski definition) is 6. The molecule has 0 atom stereocenters. The largest absolute Gasteiger partial charge is 0.378 e. The van der Waals surface area contributed by atoms with E-state index < -0.39 is 0 Å². The Morgan fingerprint density at radius 3 is 2.75 bits per heavy atom. The van der Waals surface area contributed by atoms with Gasteiger partial charge in [0, 0.05) is 20.1 Å². The van der Waals surface area contributed by atoms with E-state index in [2.05, 4.69) is 43.5 Å². The maximum atomic E-state index is 5.46. The minimum atomic E-state index is 0.758. The van der Waals surface area contributed by atoms with E-state index in [1.54, 1.807) is 11.0 Å². The van der Waals surface area contributed by atoms with Crippen LogP contribution >= 0.6 is 0 Å². The molecule has 1 aliphatic rings. The van der Waals surface area contributed by atoms with E-state index in [1.165, 1.54) is 0 Å². The Labute approximate surface area is 140 Å². The third-order valence-electron chi connectivity index (χ3n) is 4.30. The number of rotatable bonds is 3. The van der Waals surface area contributed by atoms with Gasteiger partial charge in [0.25, 0.3) is 0 Å². The summed E-state index contributed by atoms with van der Waals surface area (Å²) in [5, 5.41) is 8.89. The molecule has 0 saturated carbocycles. The lowest BCUT2D eigenvalue weighted by Crippen LogP contribution is -2.36. The van der Waals surface area contributed by atoms with Gasteiger partial charge in [0.05, 0.1) is 35.7 Å². The third kappa shape index (κ3) is 2.56. The fraction of sp³-hybridized carbons (Fsp3) is 0.353. The third-order valence-corrected chi connectivity index (χ3v) is 4.30. The van der Waals surface area contributed by atoms with Crippen molar-refractivity contribution in [2.45, 2.75) is 6.92 Å². The van der Waals surface area contributed by atoms with Crippen molar-refractivity contribution in [3.8, 4) is 0 Å². The van der Waals surface area contributed by atoms with E-state index in [0.717, 1.165) is 60.2 Å². The normalized spacial score (nSPS) is 15.0. The summed E-state index contributed by atoms with van der Waals surface area (Å²) >= 11 is 0. The number of fused-ring (bicyclic) bond motifs is 1. The molecule has 3 aromatic rings. The molecule has 7 nitrogen and oxygen atoms in total. The first-order valence-electron chi connectivity index (χ1n) is 8.07. The first kappa shape index (κ1) is 14.9. The van der Waals surface area contributed by atoms with E-state index in [4.69, 9.17) is 4.74 Å². The molecule has 124 valence electrons. The number of nitrogens with one attached hydrogen (secondary N) is 1. The molecule has 0 bridgehead atoms. The van der Waals surface area contributed by atoms with Gasteiger partial charge >= 0.3 is 0 Å². The molecule has 3 heterocycles. The molecule has 1 fully saturated rings. The monoisotopic (exact) mass is 324 g/mol. The van der Waals surface area contributed by atoms with E-state index in [0.29, 0.717) is 0 Å². The van der Waals surface area contributed by atoms with E-state index in [-0.39, 0.29) is 0 Å². The average Bonchev–Trinajstić information content (AvgIpc) is 2.91. The minimum Gasteiger partial charge on any atom is -0.378 e. The standard InChI is InChI=1S/C17H20N6O/c1-12-15-16(18-11-19-17(15)22(2)21-12)20-13-5-3-4-6-14(13)23-7-9-24-10-8-23/h3-6,11H,7-10H2,1-2H3,(H,18,19,20). The smallest absolute Gasteiger partial charge is 0.163 e. The molecule has 1 N–H and O–H groups in total. The Balaban J connectivity index is 1.74. The molecule has 0 radical (unpaired) electrons. The molecular formula is C17H20N6O. The predicted molar refractivity (Wildman–Crippen MR) is 93.8 cm³/mol. The summed E-state index contributed by atoms with van der Waals surface area (Å²) in [5.74, 6) is 0.784. The van der Waals surface area contributed by atoms with Crippen molar-refractivity contribution in [1.82, 2.24) is 19.7 Å². The second-order valence-electron chi connectivity index (χ2n) is 5.87. The summed E-state index contributed by atoms with van der Waals surface area (Å²) in [6.45, 7) is 5.28. The highest BCUT2D eigenvalue weighted by molar-refractivity contribution is 5.92. The number of ether oxygens (including phenoxy) is 1. The van der Waals surface area contributed by atoms with Crippen molar-refractivity contribution in [3.63, 3.8) is 0 Å². The van der Waals surface area contributed by atoms with Crippen LogP contribution in [0.4, 0.5) is 17.2 Å². The van der Waals surface area contributed by atoms with Crippen LogP contribution in [0.2, 0.25) is 0 Å². The van der Waals surface area contributed by atoms with Gasteiger partial charge in [-0.15, -0.1) is 0 Å². The molecule has 0 spiro atoms. The van der Waals surface area contributed by atoms with Crippen molar-refractivity contribution >= 4 is 28.2 Å². The summed E-state index contributed by atoms with van der Waals surface area (Å²) in [6, 6.07) is 8.29. The highest BCUT2D eigenvalue weighted by Crippen LogP contribution is 2.31. The van der Waals surface area contributed by atoms with E-state index in [9.17, 15) is 0 Å². The van der Waals surface area contributed by atoms with Crippen molar-refractivity contribution in [1.29, 1.82) is 0 Å². The van der Waals surface area contributed by atoms with Gasteiger partial charge < -0.3 is 15.0 Å². The second kappa shape index (κ2) is 6.09. The maximum Gasteiger partial charge on any atom is 0.163 e. The van der Waals surface area contributed by atoms with Gasteiger partial charge in [-0.1, -0.05) is 12.1 Å². The molecule has 0 unspecified atom stereocenters. The van der Waals surface area contributed by atoms with E-state index >= 15 is 0 Å². The van der Waals surface area contributed by atoms with Crippen molar-refractivity contribution < 1.29 is 4.74 Å². The van der Waals surface area contributed by atoms with Crippen LogP contribution in [-0.2, 0) is 11.8 Å². The Morgan fingerprint density at radius 2 is 1.92 bits per heavy atom. The first-order chi connectivity index (χ1) is 11.7. The quantitative estimate of drug-likeness (QED) is 0.797. The number of benzene rings is 1. The first-order valence-corrected chi connectivity index (χ1v) is 8.07. The average molecular weight is 324 g/mol. The van der Waals surface area contributed by atoms with Gasteiger partial charge in [0.1, 0.15) is 12.1 Å². The van der Waals surface area contributed by atoms with Crippen molar-refractivity contribution in [3.05, 3.63) is 36.3 Å². The van der Waals surface area contributed by atoms with Crippen LogP contribution in [0.5, 0.6) is 0 Å². The Bertz CT molecular complexity index is 869. The summed E-state index contributed by atoms with van der Waals surface area (Å²) in [4.78, 5) is 11.1. The summed E-state index contributed by atoms with van der Waals surface area (Å²) < 4.78 is 7.24. The number of morpholine rings is 1. The topological polar surface area (TPSA) is 68.1 Å². The van der Waals surface area contributed by atoms with Crippen LogP contribution < -0.4 is 10.2 Å². The van der Waals surface area contributed by atoms with Crippen LogP contribution in [0, 0.1) is 6.92 Å². The van der Waals surface area contributed by atoms with Gasteiger partial charge in [-0.3, -0.25) is 4.68 Å². The zero-order valence-corrected chi connectivity index (χ0v) is 13.9. The Morgan fingerprint density at radius 1 is 1.12 bits per heavy atom. The SMILES string of the molecule is Cc1nn(C)c2ncnc(Nc3ccccc3N3CCOCC3)c12. The Hall–Kier alpha value is -2.67. The van der Waals surface area contributed by atoms with Crippen LogP contribution in [0.15, 0.2) is 30.6 Å². The Kier molecular flexibility index (Phi) is 3.78. The van der Waals surface area contributed by atoms with Crippen molar-refractivity contribution in [2.24, 2.45) is 7.05 Å². The molecule has 7 heteroatoms. The molecule has 2 aromatic heterocycles. The van der Waals surface area contributed by atoms with Gasteiger partial charge in [-0.05, 0) is 19.1 Å². The van der Waals surface area contributed by atoms with E-state index in [1.807, 2.05) is 20.0 Å². The highest BCUT2D eigenvalue weighted by Gasteiger charge is 2.17. The summed E-state index contributed by atoms with van der Waals surface area (Å²) in [6.07, 6.45) is 1.57. The van der Waals surface area contributed by atoms with Crippen LogP contribution in [0.25, 0.3) is 11.0 Å². The molecule has 0 aliphatic carbocycles. The number of nitrogens with zero attached hydrogens (tertiary/aromatic N) is 5. The lowest BCUT2D eigenvalue weighted by Gasteiger charge is -2.30. The van der Waals surface area contributed by atoms with Gasteiger partial charge in [0.15, 0.2) is 5.65 Å². The maximum absolute atomic E-state index is 5.46. The number of para-hydroxylation sites is 2. The number of aryl methyl sites for hydroxylation is 2. The molecular weight excluding hydrogens is 304 g/mol. The van der Waals surface area contributed by atoms with Crippen LogP contribution in [0.3, 0.4) is 0 Å². The molecule has 24 heavy (non-hydrogen) atoms. The summed E-state index contributed by atoms with van der Waals surface area (Å²) in [7, 11) is 1.90. The molecule has 1 aromatic carbocycles. The lowest BCUT2D eigenvalue weighted by atomic mass is 10.2. The minimum absolute atomic E-state index is 0.758. The highest BCUT2D eigenvalue weighted by atomic mass is 16.5. The van der Waals surface area contributed by atoms with Crippen LogP contribution in [-0.4, -0.2) is 46.1 Å². The van der Waals surface area contributed by atoms with Gasteiger partial charge in [-0.25, -0.2) is 9.97 Å². The molecule has 4 rings (SSSR count). The van der Waals surface area contributed by atoms with Crippen molar-refractivity contribution in [2.75, 3.05) is 36.5 Å². The zero-order chi connectivity index (χ0) is 16.5. The second-order valence-corrected chi connectivity index (χ2v) is 5.87. The predicted octanol–water partition coefficient (Wildman–Crippen LogP) is 2.25. The molecule has 1 aliphatic heterocycles. The zero-order valence-electron chi connectivity index (χ0n) is 13.9. The van der Waals surface area contributed by atoms with Gasteiger partial charge in [0.2, 0.25) is 0 Å².